The fourth-order valence-corrected chi connectivity index (χ4v) is 4.99. The van der Waals surface area contributed by atoms with Gasteiger partial charge in [-0.2, -0.15) is 4.31 Å². The second-order valence-electron chi connectivity index (χ2n) is 6.99. The zero-order valence-corrected chi connectivity index (χ0v) is 19.2. The van der Waals surface area contributed by atoms with Crippen LogP contribution in [-0.2, 0) is 21.4 Å². The van der Waals surface area contributed by atoms with Gasteiger partial charge in [0, 0.05) is 19.6 Å². The molecule has 1 amide bonds. The lowest BCUT2D eigenvalue weighted by atomic mass is 10.0. The topological polar surface area (TPSA) is 69.7 Å². The molecule has 0 heterocycles. The Kier molecular flexibility index (Phi) is 9.02. The monoisotopic (exact) mass is 431 g/mol. The van der Waals surface area contributed by atoms with Crippen molar-refractivity contribution in [3.63, 3.8) is 0 Å². The van der Waals surface area contributed by atoms with Gasteiger partial charge >= 0.3 is 0 Å². The number of amides is 1. The van der Waals surface area contributed by atoms with Crippen LogP contribution in [0.5, 0.6) is 0 Å². The van der Waals surface area contributed by atoms with Crippen molar-refractivity contribution < 1.29 is 13.2 Å². The van der Waals surface area contributed by atoms with E-state index < -0.39 is 10.0 Å². The molecule has 2 aromatic rings. The molecule has 2 rings (SSSR count). The minimum absolute atomic E-state index is 0.0651. The normalized spacial score (nSPS) is 12.9. The smallest absolute Gasteiger partial charge is 0.243 e. The summed E-state index contributed by atoms with van der Waals surface area (Å²) in [4.78, 5) is 15.4. The lowest BCUT2D eigenvalue weighted by Crippen LogP contribution is -2.40. The van der Waals surface area contributed by atoms with Crippen LogP contribution < -0.4 is 5.32 Å². The molecular weight excluding hydrogens is 398 g/mol. The van der Waals surface area contributed by atoms with Crippen LogP contribution in [0.1, 0.15) is 44.9 Å². The molecule has 0 spiro atoms. The third-order valence-corrected chi connectivity index (χ3v) is 7.34. The second-order valence-corrected chi connectivity index (χ2v) is 8.92. The fourth-order valence-electron chi connectivity index (χ4n) is 3.53. The summed E-state index contributed by atoms with van der Waals surface area (Å²) in [5.41, 5.74) is 1.81. The molecule has 0 aliphatic carbocycles. The molecule has 2 aromatic carbocycles. The Hall–Kier alpha value is -2.22. The molecule has 164 valence electrons. The quantitative estimate of drug-likeness (QED) is 0.592. The number of sulfonamides is 1. The van der Waals surface area contributed by atoms with Gasteiger partial charge in [-0.25, -0.2) is 8.42 Å². The first-order chi connectivity index (χ1) is 14.4. The SMILES string of the molecule is CCN(CC)C(C(=O)NCc1ccc(S(=O)(=O)N(CC)CC)cc1)c1ccccc1. The van der Waals surface area contributed by atoms with E-state index in [1.54, 1.807) is 24.3 Å². The molecule has 0 aliphatic rings. The summed E-state index contributed by atoms with van der Waals surface area (Å²) in [5.74, 6) is -0.0651. The van der Waals surface area contributed by atoms with Gasteiger partial charge in [-0.05, 0) is 36.3 Å². The van der Waals surface area contributed by atoms with E-state index in [-0.39, 0.29) is 16.8 Å². The number of likely N-dealkylation sites (N-methyl/N-ethyl adjacent to an activating group) is 1. The molecule has 30 heavy (non-hydrogen) atoms. The summed E-state index contributed by atoms with van der Waals surface area (Å²) in [6.07, 6.45) is 0. The van der Waals surface area contributed by atoms with Crippen LogP contribution >= 0.6 is 0 Å². The Morgan fingerprint density at radius 3 is 1.93 bits per heavy atom. The molecule has 0 aromatic heterocycles. The van der Waals surface area contributed by atoms with Crippen LogP contribution in [0.4, 0.5) is 0 Å². The van der Waals surface area contributed by atoms with Gasteiger partial charge in [0.15, 0.2) is 0 Å². The highest BCUT2D eigenvalue weighted by Gasteiger charge is 2.25. The maximum atomic E-state index is 13.0. The van der Waals surface area contributed by atoms with Crippen molar-refractivity contribution in [1.29, 1.82) is 0 Å². The number of rotatable bonds is 11. The summed E-state index contributed by atoms with van der Waals surface area (Å²) in [7, 11) is -3.48. The van der Waals surface area contributed by atoms with Crippen molar-refractivity contribution in [2.24, 2.45) is 0 Å². The summed E-state index contributed by atoms with van der Waals surface area (Å²) >= 11 is 0. The van der Waals surface area contributed by atoms with E-state index in [2.05, 4.69) is 10.2 Å². The largest absolute Gasteiger partial charge is 0.350 e. The average molecular weight is 432 g/mol. The van der Waals surface area contributed by atoms with Gasteiger partial charge in [-0.15, -0.1) is 0 Å². The summed E-state index contributed by atoms with van der Waals surface area (Å²) in [6, 6.07) is 16.1. The fraction of sp³-hybridized carbons (Fsp3) is 0.435. The summed E-state index contributed by atoms with van der Waals surface area (Å²) in [5, 5.41) is 3.01. The van der Waals surface area contributed by atoms with Crippen molar-refractivity contribution in [3.8, 4) is 0 Å². The van der Waals surface area contributed by atoms with Crippen molar-refractivity contribution >= 4 is 15.9 Å². The van der Waals surface area contributed by atoms with E-state index in [0.29, 0.717) is 19.6 Å². The predicted molar refractivity (Wildman–Crippen MR) is 120 cm³/mol. The number of carbonyl (C=O) groups excluding carboxylic acids is 1. The van der Waals surface area contributed by atoms with Crippen LogP contribution in [0.2, 0.25) is 0 Å². The van der Waals surface area contributed by atoms with E-state index in [9.17, 15) is 13.2 Å². The first kappa shape index (κ1) is 24.1. The van der Waals surface area contributed by atoms with Crippen LogP contribution in [-0.4, -0.2) is 49.7 Å². The standard InChI is InChI=1S/C23H33N3O3S/c1-5-25(6-2)22(20-12-10-9-11-13-20)23(27)24-18-19-14-16-21(17-15-19)30(28,29)26(7-3)8-4/h9-17,22H,5-8,18H2,1-4H3,(H,24,27). The first-order valence-corrected chi connectivity index (χ1v) is 12.0. The zero-order chi connectivity index (χ0) is 22.1. The van der Waals surface area contributed by atoms with Crippen LogP contribution in [0.3, 0.4) is 0 Å². The van der Waals surface area contributed by atoms with Crippen molar-refractivity contribution in [3.05, 3.63) is 65.7 Å². The van der Waals surface area contributed by atoms with E-state index in [1.807, 2.05) is 58.0 Å². The maximum absolute atomic E-state index is 13.0. The maximum Gasteiger partial charge on any atom is 0.243 e. The molecule has 0 saturated carbocycles. The lowest BCUT2D eigenvalue weighted by molar-refractivity contribution is -0.126. The molecule has 0 fully saturated rings. The van der Waals surface area contributed by atoms with Crippen LogP contribution in [0, 0.1) is 0 Å². The molecule has 7 heteroatoms. The van der Waals surface area contributed by atoms with Gasteiger partial charge in [-0.3, -0.25) is 9.69 Å². The molecule has 6 nitrogen and oxygen atoms in total. The summed E-state index contributed by atoms with van der Waals surface area (Å²) in [6.45, 7) is 10.5. The average Bonchev–Trinajstić information content (AvgIpc) is 2.77. The Morgan fingerprint density at radius 1 is 0.867 bits per heavy atom. The van der Waals surface area contributed by atoms with E-state index in [4.69, 9.17) is 0 Å². The Labute approximate surface area is 180 Å². The van der Waals surface area contributed by atoms with Gasteiger partial charge in [0.05, 0.1) is 4.90 Å². The molecule has 0 radical (unpaired) electrons. The molecule has 0 aliphatic heterocycles. The van der Waals surface area contributed by atoms with E-state index in [1.165, 1.54) is 4.31 Å². The van der Waals surface area contributed by atoms with Gasteiger partial charge < -0.3 is 5.32 Å². The van der Waals surface area contributed by atoms with E-state index >= 15 is 0 Å². The number of carbonyl (C=O) groups is 1. The highest BCUT2D eigenvalue weighted by Crippen LogP contribution is 2.21. The molecule has 1 unspecified atom stereocenters. The Balaban J connectivity index is 2.12. The summed E-state index contributed by atoms with van der Waals surface area (Å²) < 4.78 is 26.6. The third-order valence-electron chi connectivity index (χ3n) is 5.27. The van der Waals surface area contributed by atoms with Gasteiger partial charge in [-0.1, -0.05) is 70.2 Å². The van der Waals surface area contributed by atoms with Crippen molar-refractivity contribution in [2.45, 2.75) is 45.2 Å². The molecule has 0 saturated heterocycles. The highest BCUT2D eigenvalue weighted by atomic mass is 32.2. The Morgan fingerprint density at radius 2 is 1.43 bits per heavy atom. The Bertz CT molecular complexity index is 891. The number of hydrogen-bond donors (Lipinski definition) is 1. The zero-order valence-electron chi connectivity index (χ0n) is 18.3. The minimum Gasteiger partial charge on any atom is -0.350 e. The molecule has 1 N–H and O–H groups in total. The van der Waals surface area contributed by atoms with Gasteiger partial charge in [0.1, 0.15) is 6.04 Å². The van der Waals surface area contributed by atoms with Gasteiger partial charge in [0.2, 0.25) is 15.9 Å². The van der Waals surface area contributed by atoms with E-state index in [0.717, 1.165) is 24.2 Å². The van der Waals surface area contributed by atoms with Crippen LogP contribution in [0.15, 0.2) is 59.5 Å². The highest BCUT2D eigenvalue weighted by molar-refractivity contribution is 7.89. The number of hydrogen-bond acceptors (Lipinski definition) is 4. The molecule has 1 atom stereocenters. The van der Waals surface area contributed by atoms with Crippen LogP contribution in [0.25, 0.3) is 0 Å². The molecular formula is C23H33N3O3S. The lowest BCUT2D eigenvalue weighted by Gasteiger charge is -2.29. The minimum atomic E-state index is -3.48. The third kappa shape index (κ3) is 5.68. The second kappa shape index (κ2) is 11.2. The number of benzene rings is 2. The van der Waals surface area contributed by atoms with Crippen molar-refractivity contribution in [2.75, 3.05) is 26.2 Å². The van der Waals surface area contributed by atoms with Gasteiger partial charge in [0.25, 0.3) is 0 Å². The molecule has 0 bridgehead atoms. The number of nitrogens with one attached hydrogen (secondary N) is 1. The number of nitrogens with zero attached hydrogens (tertiary/aromatic N) is 2. The predicted octanol–water partition coefficient (Wildman–Crippen LogP) is 3.42. The first-order valence-electron chi connectivity index (χ1n) is 10.5. The van der Waals surface area contributed by atoms with Crippen molar-refractivity contribution in [1.82, 2.24) is 14.5 Å².